The number of hydrogen-bond acceptors (Lipinski definition) is 1. The van der Waals surface area contributed by atoms with Gasteiger partial charge in [-0.25, -0.2) is 0 Å². The van der Waals surface area contributed by atoms with E-state index < -0.39 is 159 Å². The van der Waals surface area contributed by atoms with Crippen LogP contribution in [0, 0.1) is 5.41 Å². The number of nitrogens with zero attached hydrogens (tertiary/aromatic N) is 1. The fourth-order valence-electron chi connectivity index (χ4n) is 5.99. The minimum Gasteiger partial charge on any atom is -0.310 e. The molecular weight excluding hydrogens is 555 g/mol. The molecule has 0 heterocycles. The molecule has 0 amide bonds. The van der Waals surface area contributed by atoms with Crippen molar-refractivity contribution in [2.45, 2.75) is 52.4 Å². The van der Waals surface area contributed by atoms with E-state index in [0.29, 0.717) is 16.7 Å². The van der Waals surface area contributed by atoms with Crippen molar-refractivity contribution < 1.29 is 27.4 Å². The van der Waals surface area contributed by atoms with E-state index >= 15 is 0 Å². The van der Waals surface area contributed by atoms with Crippen LogP contribution in [-0.2, 0) is 10.8 Å². The molecule has 6 aromatic carbocycles. The second-order valence-electron chi connectivity index (χ2n) is 12.7. The average molecular weight is 618 g/mol. The SMILES string of the molecule is [2H]c1c([2H])c([2H])c(-c2c([2H])c([2H])c(N(c3c([2H])c([2H])c(-c4c([2H])c([2H])c([2H])c([2H])c4[2H])c([2H])c3[2H])c3c([2H])c4c(c([2H])c3-c3ccccc3)C(C)(C)C(C)(C)C4(C)C)c([2H])c2[2H])c([2H])c1[2H]. The Kier molecular flexibility index (Phi) is 3.57. The molecule has 1 aliphatic carbocycles. The van der Waals surface area contributed by atoms with E-state index in [4.69, 9.17) is 13.7 Å². The van der Waals surface area contributed by atoms with E-state index in [0.717, 1.165) is 4.90 Å². The van der Waals surface area contributed by atoms with Crippen molar-refractivity contribution in [1.29, 1.82) is 0 Å². The number of hydrogen-bond donors (Lipinski definition) is 0. The van der Waals surface area contributed by atoms with E-state index in [1.165, 1.54) is 0 Å². The molecule has 0 aromatic heterocycles. The zero-order chi connectivity index (χ0) is 49.5. The molecule has 7 rings (SSSR count). The van der Waals surface area contributed by atoms with Crippen molar-refractivity contribution in [1.82, 2.24) is 0 Å². The minimum atomic E-state index is -0.949. The van der Waals surface area contributed by atoms with Gasteiger partial charge in [-0.2, -0.15) is 0 Å². The number of benzene rings is 6. The Labute approximate surface area is 303 Å². The second kappa shape index (κ2) is 11.2. The summed E-state index contributed by atoms with van der Waals surface area (Å²) in [5, 5.41) is 0. The summed E-state index contributed by atoms with van der Waals surface area (Å²) in [5.74, 6) is 0. The van der Waals surface area contributed by atoms with E-state index in [-0.39, 0.29) is 23.3 Å². The van der Waals surface area contributed by atoms with Crippen molar-refractivity contribution in [3.63, 3.8) is 0 Å². The fraction of sp³-hybridized carbons (Fsp3) is 0.200. The zero-order valence-electron chi connectivity index (χ0n) is 46.3. The molecule has 0 saturated heterocycles. The normalized spacial score (nSPS) is 21.8. The molecule has 0 N–H and O–H groups in total. The molecule has 0 atom stereocenters. The third-order valence-electron chi connectivity index (χ3n) is 9.81. The Morgan fingerprint density at radius 2 is 0.870 bits per heavy atom. The summed E-state index contributed by atoms with van der Waals surface area (Å²) in [4.78, 5) is 0.871. The Morgan fingerprint density at radius 3 is 1.33 bits per heavy atom. The van der Waals surface area contributed by atoms with Crippen molar-refractivity contribution in [2.24, 2.45) is 5.41 Å². The topological polar surface area (TPSA) is 3.24 Å². The second-order valence-corrected chi connectivity index (χ2v) is 12.7. The van der Waals surface area contributed by atoms with E-state index in [9.17, 15) is 13.7 Å². The first-order valence-electron chi connectivity index (χ1n) is 24.8. The summed E-state index contributed by atoms with van der Waals surface area (Å²) in [6, 6.07) is -7.70. The molecule has 1 heteroatoms. The standard InChI is InChI=1S/C45H43N/c1-43(2)40-30-39(36-20-14-9-15-21-36)42(31-41(40)44(3,4)45(43,5)6)46(37-26-22-34(23-27-37)32-16-10-7-11-17-32)38-28-24-35(25-29-38)33-18-12-8-13-19-33/h7-31H,1-6H3/i7D,8D,10D,11D,12D,13D,16D,17D,18D,19D,22D,23D,24D,25D,26D,27D,28D,29D,30D,31D. The van der Waals surface area contributed by atoms with Gasteiger partial charge >= 0.3 is 0 Å². The molecular formula is C45H43N. The summed E-state index contributed by atoms with van der Waals surface area (Å²) < 4.78 is 180. The molecule has 0 unspecified atom stereocenters. The third-order valence-corrected chi connectivity index (χ3v) is 9.81. The van der Waals surface area contributed by atoms with Gasteiger partial charge in [-0.3, -0.25) is 0 Å². The highest BCUT2D eigenvalue weighted by atomic mass is 15.1. The highest BCUT2D eigenvalue weighted by molar-refractivity contribution is 5.90. The quantitative estimate of drug-likeness (QED) is 0.180. The predicted molar refractivity (Wildman–Crippen MR) is 197 cm³/mol. The fourth-order valence-corrected chi connectivity index (χ4v) is 5.99. The van der Waals surface area contributed by atoms with Crippen LogP contribution in [0.3, 0.4) is 0 Å². The number of fused-ring (bicyclic) bond motifs is 1. The first-order valence-corrected chi connectivity index (χ1v) is 14.8. The summed E-state index contributed by atoms with van der Waals surface area (Å²) in [5.41, 5.74) is -5.76. The Hall–Kier alpha value is -4.88. The molecule has 6 aromatic rings. The lowest BCUT2D eigenvalue weighted by Crippen LogP contribution is -2.42. The smallest absolute Gasteiger partial charge is 0.0648 e. The van der Waals surface area contributed by atoms with Gasteiger partial charge in [-0.15, -0.1) is 0 Å². The highest BCUT2D eigenvalue weighted by Gasteiger charge is 2.57. The van der Waals surface area contributed by atoms with Gasteiger partial charge in [0.15, 0.2) is 0 Å². The van der Waals surface area contributed by atoms with Crippen molar-refractivity contribution in [3.05, 3.63) is 162 Å². The van der Waals surface area contributed by atoms with Crippen LogP contribution in [0.4, 0.5) is 17.1 Å². The molecule has 0 spiro atoms. The van der Waals surface area contributed by atoms with Gasteiger partial charge in [0.2, 0.25) is 0 Å². The molecule has 1 aliphatic rings. The minimum absolute atomic E-state index is 0.0148. The number of rotatable bonds is 6. The summed E-state index contributed by atoms with van der Waals surface area (Å²) >= 11 is 0. The van der Waals surface area contributed by atoms with Crippen molar-refractivity contribution in [2.75, 3.05) is 4.90 Å². The maximum absolute atomic E-state index is 10.3. The van der Waals surface area contributed by atoms with Crippen LogP contribution in [0.15, 0.2) is 151 Å². The molecule has 0 aliphatic heterocycles. The molecule has 0 saturated carbocycles. The highest BCUT2D eigenvalue weighted by Crippen LogP contribution is 2.63. The van der Waals surface area contributed by atoms with Gasteiger partial charge in [-0.05, 0) is 91.4 Å². The average Bonchev–Trinajstić information content (AvgIpc) is 3.38. The molecule has 228 valence electrons. The Bertz CT molecular complexity index is 2870. The van der Waals surface area contributed by atoms with Crippen LogP contribution in [0.5, 0.6) is 0 Å². The van der Waals surface area contributed by atoms with E-state index in [1.54, 1.807) is 30.3 Å². The van der Waals surface area contributed by atoms with Crippen LogP contribution >= 0.6 is 0 Å². The van der Waals surface area contributed by atoms with Crippen LogP contribution < -0.4 is 4.90 Å². The maximum Gasteiger partial charge on any atom is 0.0648 e. The molecule has 0 bridgehead atoms. The van der Waals surface area contributed by atoms with E-state index in [2.05, 4.69) is 0 Å². The maximum atomic E-state index is 10.3. The largest absolute Gasteiger partial charge is 0.310 e. The van der Waals surface area contributed by atoms with Gasteiger partial charge in [0.25, 0.3) is 0 Å². The van der Waals surface area contributed by atoms with Crippen molar-refractivity contribution in [3.8, 4) is 33.4 Å². The summed E-state index contributed by atoms with van der Waals surface area (Å²) in [6.07, 6.45) is 0. The molecule has 0 fully saturated rings. The monoisotopic (exact) mass is 617 g/mol. The van der Waals surface area contributed by atoms with Crippen molar-refractivity contribution >= 4 is 17.1 Å². The van der Waals surface area contributed by atoms with Crippen LogP contribution in [0.2, 0.25) is 0 Å². The van der Waals surface area contributed by atoms with Crippen LogP contribution in [-0.4, -0.2) is 0 Å². The molecule has 1 nitrogen and oxygen atoms in total. The lowest BCUT2D eigenvalue weighted by atomic mass is 9.59. The van der Waals surface area contributed by atoms with E-state index in [1.807, 2.05) is 41.5 Å². The Morgan fingerprint density at radius 1 is 0.457 bits per heavy atom. The lowest BCUT2D eigenvalue weighted by Gasteiger charge is -2.44. The first-order chi connectivity index (χ1) is 30.4. The van der Waals surface area contributed by atoms with Gasteiger partial charge in [0.05, 0.1) is 33.1 Å². The molecule has 0 radical (unpaired) electrons. The Balaban J connectivity index is 1.76. The lowest BCUT2D eigenvalue weighted by molar-refractivity contribution is 0.125. The third kappa shape index (κ3) is 4.77. The van der Waals surface area contributed by atoms with Gasteiger partial charge < -0.3 is 4.90 Å². The van der Waals surface area contributed by atoms with Gasteiger partial charge in [0.1, 0.15) is 0 Å². The zero-order valence-corrected chi connectivity index (χ0v) is 26.3. The van der Waals surface area contributed by atoms with Crippen LogP contribution in [0.1, 0.15) is 80.1 Å². The van der Waals surface area contributed by atoms with Gasteiger partial charge in [0, 0.05) is 16.9 Å². The van der Waals surface area contributed by atoms with Crippen LogP contribution in [0.25, 0.3) is 33.4 Å². The van der Waals surface area contributed by atoms with Gasteiger partial charge in [-0.1, -0.05) is 156 Å². The predicted octanol–water partition coefficient (Wildman–Crippen LogP) is 12.8. The summed E-state index contributed by atoms with van der Waals surface area (Å²) in [6.45, 7) is 11.7. The number of anilines is 3. The summed E-state index contributed by atoms with van der Waals surface area (Å²) in [7, 11) is 0. The first kappa shape index (κ1) is 14.7. The molecule has 46 heavy (non-hydrogen) atoms.